The van der Waals surface area contributed by atoms with E-state index in [1.165, 1.54) is 11.1 Å². The molecule has 0 unspecified atom stereocenters. The van der Waals surface area contributed by atoms with Crippen molar-refractivity contribution in [3.8, 4) is 23.0 Å². The summed E-state index contributed by atoms with van der Waals surface area (Å²) in [7, 11) is 3.25. The fourth-order valence-corrected chi connectivity index (χ4v) is 3.72. The number of urea groups is 1. The molecular formula is C24H27N3O4. The van der Waals surface area contributed by atoms with Gasteiger partial charge in [-0.2, -0.15) is 0 Å². The molecule has 0 saturated heterocycles. The summed E-state index contributed by atoms with van der Waals surface area (Å²) in [6.07, 6.45) is 3.04. The molecule has 7 heteroatoms. The van der Waals surface area contributed by atoms with Crippen LogP contribution in [0.5, 0.6) is 11.5 Å². The predicted octanol–water partition coefficient (Wildman–Crippen LogP) is 3.98. The number of hydrogen-bond donors (Lipinski definition) is 1. The number of fused-ring (bicyclic) bond motifs is 1. The summed E-state index contributed by atoms with van der Waals surface area (Å²) in [6, 6.07) is 11.9. The normalized spacial score (nSPS) is 12.9. The van der Waals surface area contributed by atoms with Gasteiger partial charge in [0.1, 0.15) is 6.26 Å². The first-order valence-electron chi connectivity index (χ1n) is 10.4. The van der Waals surface area contributed by atoms with Crippen LogP contribution in [0.25, 0.3) is 11.5 Å². The number of methoxy groups -OCH3 is 2. The molecule has 2 amide bonds. The number of nitrogens with one attached hydrogen (secondary N) is 1. The zero-order chi connectivity index (χ0) is 21.8. The lowest BCUT2D eigenvalue weighted by atomic mass is 9.99. The summed E-state index contributed by atoms with van der Waals surface area (Å²) in [5, 5.41) is 2.99. The van der Waals surface area contributed by atoms with Gasteiger partial charge in [-0.05, 0) is 48.7 Å². The molecule has 3 aromatic rings. The van der Waals surface area contributed by atoms with Gasteiger partial charge >= 0.3 is 6.03 Å². The quantitative estimate of drug-likeness (QED) is 0.652. The van der Waals surface area contributed by atoms with Crippen molar-refractivity contribution in [1.82, 2.24) is 15.2 Å². The molecule has 1 aliphatic heterocycles. The molecule has 1 aromatic heterocycles. The van der Waals surface area contributed by atoms with Gasteiger partial charge in [0.2, 0.25) is 5.89 Å². The van der Waals surface area contributed by atoms with Crippen molar-refractivity contribution < 1.29 is 18.7 Å². The van der Waals surface area contributed by atoms with Crippen molar-refractivity contribution in [3.05, 3.63) is 65.0 Å². The van der Waals surface area contributed by atoms with Gasteiger partial charge in [-0.15, -0.1) is 0 Å². The largest absolute Gasteiger partial charge is 0.493 e. The monoisotopic (exact) mass is 421 g/mol. The van der Waals surface area contributed by atoms with Crippen LogP contribution in [0.1, 0.15) is 22.4 Å². The van der Waals surface area contributed by atoms with Crippen molar-refractivity contribution in [3.63, 3.8) is 0 Å². The Kier molecular flexibility index (Phi) is 6.11. The van der Waals surface area contributed by atoms with Gasteiger partial charge in [-0.25, -0.2) is 9.78 Å². The first-order chi connectivity index (χ1) is 15.1. The lowest BCUT2D eigenvalue weighted by Crippen LogP contribution is -2.43. The smallest absolute Gasteiger partial charge is 0.317 e. The van der Waals surface area contributed by atoms with E-state index in [9.17, 15) is 4.79 Å². The third-order valence-corrected chi connectivity index (χ3v) is 5.51. The number of aromatic nitrogens is 1. The van der Waals surface area contributed by atoms with Crippen LogP contribution in [0.15, 0.2) is 47.1 Å². The molecule has 0 radical (unpaired) electrons. The van der Waals surface area contributed by atoms with E-state index in [2.05, 4.69) is 10.3 Å². The summed E-state index contributed by atoms with van der Waals surface area (Å²) >= 11 is 0. The highest BCUT2D eigenvalue weighted by Gasteiger charge is 2.22. The first kappa shape index (κ1) is 20.8. The van der Waals surface area contributed by atoms with Crippen LogP contribution >= 0.6 is 0 Å². The summed E-state index contributed by atoms with van der Waals surface area (Å²) < 4.78 is 16.4. The molecule has 162 valence electrons. The fourth-order valence-electron chi connectivity index (χ4n) is 3.72. The first-order valence-corrected chi connectivity index (χ1v) is 10.4. The second-order valence-corrected chi connectivity index (χ2v) is 7.64. The number of nitrogens with zero attached hydrogens (tertiary/aromatic N) is 2. The molecule has 2 heterocycles. The van der Waals surface area contributed by atoms with Crippen molar-refractivity contribution in [2.24, 2.45) is 0 Å². The average Bonchev–Trinajstić information content (AvgIpc) is 3.27. The SMILES string of the molecule is COc1cc2c(cc1OC)CN(C(=O)NCCc1coc(-c3ccc(C)cc3)n1)CC2. The van der Waals surface area contributed by atoms with E-state index >= 15 is 0 Å². The standard InChI is InChI=1S/C24H27N3O4/c1-16-4-6-17(7-5-16)23-26-20(15-31-23)8-10-25-24(28)27-11-9-18-12-21(29-2)22(30-3)13-19(18)14-27/h4-7,12-13,15H,8-11,14H2,1-3H3,(H,25,28). The van der Waals surface area contributed by atoms with E-state index in [1.54, 1.807) is 20.5 Å². The van der Waals surface area contributed by atoms with Crippen LogP contribution < -0.4 is 14.8 Å². The van der Waals surface area contributed by atoms with Gasteiger partial charge in [0.05, 0.1) is 19.9 Å². The molecule has 1 N–H and O–H groups in total. The van der Waals surface area contributed by atoms with Gasteiger partial charge in [0, 0.05) is 31.6 Å². The second-order valence-electron chi connectivity index (χ2n) is 7.64. The highest BCUT2D eigenvalue weighted by atomic mass is 16.5. The summed E-state index contributed by atoms with van der Waals surface area (Å²) in [6.45, 7) is 3.74. The minimum absolute atomic E-state index is 0.0808. The Balaban J connectivity index is 1.31. The van der Waals surface area contributed by atoms with Gasteiger partial charge in [-0.1, -0.05) is 17.7 Å². The molecular weight excluding hydrogens is 394 g/mol. The predicted molar refractivity (Wildman–Crippen MR) is 117 cm³/mol. The number of rotatable bonds is 6. The van der Waals surface area contributed by atoms with E-state index in [-0.39, 0.29) is 6.03 Å². The summed E-state index contributed by atoms with van der Waals surface area (Å²) in [5.74, 6) is 1.99. The number of carbonyl (C=O) groups is 1. The Bertz CT molecular complexity index is 1060. The molecule has 1 aliphatic rings. The molecule has 0 fully saturated rings. The molecule has 7 nitrogen and oxygen atoms in total. The molecule has 0 atom stereocenters. The fraction of sp³-hybridized carbons (Fsp3) is 0.333. The third kappa shape index (κ3) is 4.66. The Morgan fingerprint density at radius 3 is 2.55 bits per heavy atom. The minimum atomic E-state index is -0.0808. The van der Waals surface area contributed by atoms with Crippen LogP contribution in [0.2, 0.25) is 0 Å². The maximum Gasteiger partial charge on any atom is 0.317 e. The van der Waals surface area contributed by atoms with E-state index in [0.29, 0.717) is 37.7 Å². The van der Waals surface area contributed by atoms with Gasteiger partial charge in [-0.3, -0.25) is 0 Å². The van der Waals surface area contributed by atoms with E-state index in [0.717, 1.165) is 29.0 Å². The van der Waals surface area contributed by atoms with Crippen LogP contribution in [0.4, 0.5) is 4.79 Å². The minimum Gasteiger partial charge on any atom is -0.493 e. The number of oxazole rings is 1. The maximum absolute atomic E-state index is 12.6. The Labute approximate surface area is 182 Å². The zero-order valence-electron chi connectivity index (χ0n) is 18.1. The molecule has 2 aromatic carbocycles. The highest BCUT2D eigenvalue weighted by Crippen LogP contribution is 2.33. The topological polar surface area (TPSA) is 76.8 Å². The van der Waals surface area contributed by atoms with Gasteiger partial charge < -0.3 is 24.1 Å². The lowest BCUT2D eigenvalue weighted by molar-refractivity contribution is 0.192. The van der Waals surface area contributed by atoms with Crippen LogP contribution in [0, 0.1) is 6.92 Å². The van der Waals surface area contributed by atoms with Crippen LogP contribution in [-0.2, 0) is 19.4 Å². The summed E-state index contributed by atoms with van der Waals surface area (Å²) in [5.41, 5.74) is 5.22. The highest BCUT2D eigenvalue weighted by molar-refractivity contribution is 5.74. The number of ether oxygens (including phenoxy) is 2. The van der Waals surface area contributed by atoms with Gasteiger partial charge in [0.25, 0.3) is 0 Å². The average molecular weight is 421 g/mol. The van der Waals surface area contributed by atoms with E-state index in [4.69, 9.17) is 13.9 Å². The molecule has 0 spiro atoms. The molecule has 31 heavy (non-hydrogen) atoms. The molecule has 0 saturated carbocycles. The van der Waals surface area contributed by atoms with Gasteiger partial charge in [0.15, 0.2) is 11.5 Å². The molecule has 0 aliphatic carbocycles. The van der Waals surface area contributed by atoms with Crippen molar-refractivity contribution in [2.75, 3.05) is 27.3 Å². The number of carbonyl (C=O) groups excluding carboxylic acids is 1. The maximum atomic E-state index is 12.6. The molecule has 0 bridgehead atoms. The van der Waals surface area contributed by atoms with E-state index < -0.39 is 0 Å². The number of aryl methyl sites for hydroxylation is 1. The Morgan fingerprint density at radius 2 is 1.84 bits per heavy atom. The number of amides is 2. The lowest BCUT2D eigenvalue weighted by Gasteiger charge is -2.29. The summed E-state index contributed by atoms with van der Waals surface area (Å²) in [4.78, 5) is 19.0. The Morgan fingerprint density at radius 1 is 1.13 bits per heavy atom. The van der Waals surface area contributed by atoms with Crippen LogP contribution in [0.3, 0.4) is 0 Å². The zero-order valence-corrected chi connectivity index (χ0v) is 18.1. The molecule has 4 rings (SSSR count). The van der Waals surface area contributed by atoms with E-state index in [1.807, 2.05) is 48.2 Å². The van der Waals surface area contributed by atoms with Crippen LogP contribution in [-0.4, -0.2) is 43.2 Å². The number of hydrogen-bond acceptors (Lipinski definition) is 5. The number of benzene rings is 2. The van der Waals surface area contributed by atoms with Crippen molar-refractivity contribution >= 4 is 6.03 Å². The third-order valence-electron chi connectivity index (χ3n) is 5.51. The Hall–Kier alpha value is -3.48. The van der Waals surface area contributed by atoms with Crippen molar-refractivity contribution in [1.29, 1.82) is 0 Å². The van der Waals surface area contributed by atoms with Crippen molar-refractivity contribution in [2.45, 2.75) is 26.3 Å². The second kappa shape index (κ2) is 9.12.